The SMILES string of the molecule is CCNCC1CCN(Cc2noc(CC)n2)CC1. The van der Waals surface area contributed by atoms with Gasteiger partial charge in [0.15, 0.2) is 5.82 Å². The molecular formula is C13H24N4O. The van der Waals surface area contributed by atoms with Crippen LogP contribution in [0.3, 0.4) is 0 Å². The zero-order chi connectivity index (χ0) is 12.8. The third-order valence-electron chi connectivity index (χ3n) is 3.57. The van der Waals surface area contributed by atoms with E-state index in [1.165, 1.54) is 12.8 Å². The fourth-order valence-electron chi connectivity index (χ4n) is 2.40. The van der Waals surface area contributed by atoms with E-state index in [1.807, 2.05) is 6.92 Å². The van der Waals surface area contributed by atoms with Crippen LogP contribution in [-0.2, 0) is 13.0 Å². The highest BCUT2D eigenvalue weighted by atomic mass is 16.5. The van der Waals surface area contributed by atoms with Gasteiger partial charge in [0.25, 0.3) is 0 Å². The van der Waals surface area contributed by atoms with Gasteiger partial charge in [0.2, 0.25) is 5.89 Å². The van der Waals surface area contributed by atoms with Crippen LogP contribution in [0.5, 0.6) is 0 Å². The molecule has 0 saturated carbocycles. The van der Waals surface area contributed by atoms with E-state index in [-0.39, 0.29) is 0 Å². The largest absolute Gasteiger partial charge is 0.339 e. The maximum Gasteiger partial charge on any atom is 0.226 e. The van der Waals surface area contributed by atoms with Crippen LogP contribution >= 0.6 is 0 Å². The summed E-state index contributed by atoms with van der Waals surface area (Å²) in [7, 11) is 0. The predicted octanol–water partition coefficient (Wildman–Crippen LogP) is 1.45. The van der Waals surface area contributed by atoms with E-state index >= 15 is 0 Å². The van der Waals surface area contributed by atoms with Gasteiger partial charge >= 0.3 is 0 Å². The van der Waals surface area contributed by atoms with E-state index in [1.54, 1.807) is 0 Å². The highest BCUT2D eigenvalue weighted by Gasteiger charge is 2.20. The third-order valence-corrected chi connectivity index (χ3v) is 3.57. The molecule has 1 aromatic heterocycles. The first kappa shape index (κ1) is 13.5. The quantitative estimate of drug-likeness (QED) is 0.830. The Morgan fingerprint density at radius 2 is 2.11 bits per heavy atom. The summed E-state index contributed by atoms with van der Waals surface area (Å²) in [6, 6.07) is 0. The van der Waals surface area contributed by atoms with Crippen LogP contribution in [0.1, 0.15) is 38.4 Å². The van der Waals surface area contributed by atoms with E-state index in [2.05, 4.69) is 27.3 Å². The number of nitrogens with one attached hydrogen (secondary N) is 1. The first-order chi connectivity index (χ1) is 8.81. The van der Waals surface area contributed by atoms with Crippen molar-refractivity contribution in [2.75, 3.05) is 26.2 Å². The Morgan fingerprint density at radius 3 is 2.72 bits per heavy atom. The minimum Gasteiger partial charge on any atom is -0.339 e. The number of aromatic nitrogens is 2. The van der Waals surface area contributed by atoms with Gasteiger partial charge < -0.3 is 9.84 Å². The average molecular weight is 252 g/mol. The molecule has 0 atom stereocenters. The van der Waals surface area contributed by atoms with Gasteiger partial charge in [-0.25, -0.2) is 0 Å². The average Bonchev–Trinajstić information content (AvgIpc) is 2.86. The lowest BCUT2D eigenvalue weighted by atomic mass is 9.97. The van der Waals surface area contributed by atoms with Crippen LogP contribution in [0.25, 0.3) is 0 Å². The highest BCUT2D eigenvalue weighted by molar-refractivity contribution is 4.87. The first-order valence-electron chi connectivity index (χ1n) is 7.06. The molecule has 1 aromatic rings. The molecule has 1 saturated heterocycles. The van der Waals surface area contributed by atoms with Gasteiger partial charge in [0.1, 0.15) is 0 Å². The Hall–Kier alpha value is -0.940. The molecule has 1 fully saturated rings. The molecule has 0 unspecified atom stereocenters. The molecule has 1 aliphatic rings. The summed E-state index contributed by atoms with van der Waals surface area (Å²) in [5.74, 6) is 2.40. The monoisotopic (exact) mass is 252 g/mol. The molecule has 102 valence electrons. The topological polar surface area (TPSA) is 54.2 Å². The van der Waals surface area contributed by atoms with Crippen LogP contribution in [-0.4, -0.2) is 41.2 Å². The Bertz CT molecular complexity index is 345. The molecule has 0 amide bonds. The van der Waals surface area contributed by atoms with E-state index in [9.17, 15) is 0 Å². The summed E-state index contributed by atoms with van der Waals surface area (Å²) in [6.07, 6.45) is 3.36. The molecule has 5 nitrogen and oxygen atoms in total. The normalized spacial score (nSPS) is 18.3. The van der Waals surface area contributed by atoms with Crippen molar-refractivity contribution in [2.45, 2.75) is 39.7 Å². The van der Waals surface area contributed by atoms with Crippen LogP contribution < -0.4 is 5.32 Å². The van der Waals surface area contributed by atoms with E-state index in [4.69, 9.17) is 4.52 Å². The zero-order valence-corrected chi connectivity index (χ0v) is 11.5. The molecule has 0 bridgehead atoms. The summed E-state index contributed by atoms with van der Waals surface area (Å²) >= 11 is 0. The van der Waals surface area contributed by atoms with E-state index in [0.717, 1.165) is 56.8 Å². The van der Waals surface area contributed by atoms with E-state index < -0.39 is 0 Å². The van der Waals surface area contributed by atoms with Crippen molar-refractivity contribution < 1.29 is 4.52 Å². The molecule has 1 aliphatic heterocycles. The molecule has 5 heteroatoms. The second-order valence-corrected chi connectivity index (χ2v) is 4.99. The molecule has 2 heterocycles. The van der Waals surface area contributed by atoms with Crippen molar-refractivity contribution in [3.8, 4) is 0 Å². The Labute approximate surface area is 109 Å². The minimum absolute atomic E-state index is 0.743. The van der Waals surface area contributed by atoms with Gasteiger partial charge in [0, 0.05) is 6.42 Å². The number of hydrogen-bond acceptors (Lipinski definition) is 5. The smallest absolute Gasteiger partial charge is 0.226 e. The second-order valence-electron chi connectivity index (χ2n) is 4.99. The maximum atomic E-state index is 5.13. The number of hydrogen-bond donors (Lipinski definition) is 1. The van der Waals surface area contributed by atoms with Crippen molar-refractivity contribution in [3.63, 3.8) is 0 Å². The van der Waals surface area contributed by atoms with Crippen molar-refractivity contribution in [1.82, 2.24) is 20.4 Å². The second kappa shape index (κ2) is 6.85. The summed E-state index contributed by atoms with van der Waals surface area (Å²) in [6.45, 7) is 9.55. The fourth-order valence-corrected chi connectivity index (χ4v) is 2.40. The van der Waals surface area contributed by atoms with Crippen molar-refractivity contribution in [1.29, 1.82) is 0 Å². The van der Waals surface area contributed by atoms with Crippen LogP contribution in [0, 0.1) is 5.92 Å². The number of piperidine rings is 1. The predicted molar refractivity (Wildman–Crippen MR) is 70.2 cm³/mol. The van der Waals surface area contributed by atoms with Crippen molar-refractivity contribution in [3.05, 3.63) is 11.7 Å². The van der Waals surface area contributed by atoms with E-state index in [0.29, 0.717) is 0 Å². The number of aryl methyl sites for hydroxylation is 1. The molecular weight excluding hydrogens is 228 g/mol. The molecule has 0 aromatic carbocycles. The molecule has 0 aliphatic carbocycles. The summed E-state index contributed by atoms with van der Waals surface area (Å²) in [5.41, 5.74) is 0. The molecule has 18 heavy (non-hydrogen) atoms. The zero-order valence-electron chi connectivity index (χ0n) is 11.5. The van der Waals surface area contributed by atoms with Gasteiger partial charge in [-0.3, -0.25) is 4.90 Å². The highest BCUT2D eigenvalue weighted by Crippen LogP contribution is 2.17. The van der Waals surface area contributed by atoms with Gasteiger partial charge in [-0.15, -0.1) is 0 Å². The molecule has 2 rings (SSSR count). The minimum atomic E-state index is 0.743. The summed E-state index contributed by atoms with van der Waals surface area (Å²) in [4.78, 5) is 6.78. The van der Waals surface area contributed by atoms with Gasteiger partial charge in [-0.05, 0) is 44.9 Å². The molecule has 1 N–H and O–H groups in total. The Balaban J connectivity index is 1.73. The van der Waals surface area contributed by atoms with Crippen molar-refractivity contribution >= 4 is 0 Å². The number of likely N-dealkylation sites (tertiary alicyclic amines) is 1. The number of rotatable bonds is 6. The molecule has 0 spiro atoms. The van der Waals surface area contributed by atoms with Gasteiger partial charge in [0.05, 0.1) is 6.54 Å². The summed E-state index contributed by atoms with van der Waals surface area (Å²) in [5, 5.41) is 7.44. The lowest BCUT2D eigenvalue weighted by molar-refractivity contribution is 0.170. The van der Waals surface area contributed by atoms with Crippen molar-refractivity contribution in [2.24, 2.45) is 5.92 Å². The molecule has 0 radical (unpaired) electrons. The van der Waals surface area contributed by atoms with Crippen LogP contribution in [0.15, 0.2) is 4.52 Å². The lowest BCUT2D eigenvalue weighted by Crippen LogP contribution is -2.37. The fraction of sp³-hybridized carbons (Fsp3) is 0.846. The Morgan fingerprint density at radius 1 is 1.33 bits per heavy atom. The standard InChI is InChI=1S/C13H24N4O/c1-3-13-15-12(16-18-13)10-17-7-5-11(6-8-17)9-14-4-2/h11,14H,3-10H2,1-2H3. The third kappa shape index (κ3) is 3.78. The van der Waals surface area contributed by atoms with Gasteiger partial charge in [-0.1, -0.05) is 19.0 Å². The summed E-state index contributed by atoms with van der Waals surface area (Å²) < 4.78 is 5.13. The van der Waals surface area contributed by atoms with Crippen LogP contribution in [0.2, 0.25) is 0 Å². The Kier molecular flexibility index (Phi) is 5.13. The van der Waals surface area contributed by atoms with Crippen LogP contribution in [0.4, 0.5) is 0 Å². The maximum absolute atomic E-state index is 5.13. The lowest BCUT2D eigenvalue weighted by Gasteiger charge is -2.31. The van der Waals surface area contributed by atoms with Gasteiger partial charge in [-0.2, -0.15) is 4.98 Å². The number of nitrogens with zero attached hydrogens (tertiary/aromatic N) is 3. The first-order valence-corrected chi connectivity index (χ1v) is 7.06.